The molecule has 0 aliphatic heterocycles. The number of ketones is 2. The highest BCUT2D eigenvalue weighted by molar-refractivity contribution is 6.28. The van der Waals surface area contributed by atoms with Gasteiger partial charge in [0.25, 0.3) is 5.91 Å². The Morgan fingerprint density at radius 3 is 2.29 bits per heavy atom. The molecule has 10 nitrogen and oxygen atoms in total. The van der Waals surface area contributed by atoms with Crippen molar-refractivity contribution in [3.8, 4) is 5.75 Å². The van der Waals surface area contributed by atoms with Gasteiger partial charge in [-0.2, -0.15) is 0 Å². The number of phenols is 1. The lowest BCUT2D eigenvalue weighted by Gasteiger charge is -2.46. The standard InChI is InChI=1S/C24H29N3O7/c1-26(2)13-7-10(8-28)19(29)15-11(13)5-9-6-12-16(21(31)14(9)20(15)30)22(32)17(24(25)34)23(33)18(12)27(3)4/h7,9,12,16,18,28-30,33H,5-6,8H2,1-4H3,(H2,25,34)/t9-,12+,16?,18?/m0/s1. The Morgan fingerprint density at radius 2 is 1.76 bits per heavy atom. The van der Waals surface area contributed by atoms with E-state index < -0.39 is 65.0 Å². The Morgan fingerprint density at radius 1 is 1.12 bits per heavy atom. The number of carbonyl (C=O) groups is 3. The number of rotatable bonds is 4. The quantitative estimate of drug-likeness (QED) is 0.309. The average Bonchev–Trinajstić information content (AvgIpc) is 2.72. The van der Waals surface area contributed by atoms with Crippen LogP contribution in [0.4, 0.5) is 5.69 Å². The number of primary amides is 1. The maximum absolute atomic E-state index is 13.7. The minimum absolute atomic E-state index is 0.0138. The highest BCUT2D eigenvalue weighted by Crippen LogP contribution is 2.52. The van der Waals surface area contributed by atoms with Crippen LogP contribution in [0.2, 0.25) is 0 Å². The molecular formula is C24H29N3O7. The van der Waals surface area contributed by atoms with E-state index in [0.29, 0.717) is 17.7 Å². The molecule has 1 saturated carbocycles. The summed E-state index contributed by atoms with van der Waals surface area (Å²) in [6.45, 7) is -0.473. The van der Waals surface area contributed by atoms with Crippen molar-refractivity contribution in [1.82, 2.24) is 4.90 Å². The van der Waals surface area contributed by atoms with Crippen molar-refractivity contribution >= 4 is 28.9 Å². The molecule has 4 rings (SSSR count). The molecule has 0 bridgehead atoms. The van der Waals surface area contributed by atoms with Gasteiger partial charge in [0.2, 0.25) is 0 Å². The van der Waals surface area contributed by atoms with Crippen molar-refractivity contribution in [3.05, 3.63) is 39.7 Å². The van der Waals surface area contributed by atoms with E-state index in [-0.39, 0.29) is 28.9 Å². The minimum atomic E-state index is -1.29. The number of likely N-dealkylation sites (N-methyl/N-ethyl adjacent to an activating group) is 1. The molecule has 0 spiro atoms. The van der Waals surface area contributed by atoms with E-state index in [1.807, 2.05) is 0 Å². The number of nitrogens with two attached hydrogens (primary N) is 1. The van der Waals surface area contributed by atoms with Crippen LogP contribution in [0.25, 0.3) is 5.76 Å². The number of aromatic hydroxyl groups is 1. The number of Topliss-reactive ketones (excluding diaryl/α,β-unsaturated/α-hetero) is 2. The maximum atomic E-state index is 13.7. The number of hydrogen-bond donors (Lipinski definition) is 5. The summed E-state index contributed by atoms with van der Waals surface area (Å²) in [5.74, 6) is -6.21. The summed E-state index contributed by atoms with van der Waals surface area (Å²) in [5.41, 5.74) is 6.35. The van der Waals surface area contributed by atoms with Crippen LogP contribution in [0.15, 0.2) is 23.0 Å². The van der Waals surface area contributed by atoms with Gasteiger partial charge >= 0.3 is 0 Å². The summed E-state index contributed by atoms with van der Waals surface area (Å²) in [7, 11) is 6.94. The lowest BCUT2D eigenvalue weighted by atomic mass is 9.59. The van der Waals surface area contributed by atoms with Gasteiger partial charge in [0, 0.05) is 30.9 Å². The first-order valence-electron chi connectivity index (χ1n) is 11.0. The number of hydrogen-bond acceptors (Lipinski definition) is 9. The van der Waals surface area contributed by atoms with E-state index in [9.17, 15) is 34.8 Å². The number of carbonyl (C=O) groups excluding carboxylic acids is 3. The Bertz CT molecular complexity index is 1180. The number of anilines is 1. The second kappa shape index (κ2) is 8.14. The van der Waals surface area contributed by atoms with Gasteiger partial charge in [-0.05, 0) is 50.4 Å². The smallest absolute Gasteiger partial charge is 0.255 e. The molecule has 6 N–H and O–H groups in total. The first kappa shape index (κ1) is 23.8. The number of aliphatic hydroxyl groups excluding tert-OH is 3. The lowest BCUT2D eigenvalue weighted by molar-refractivity contribution is -0.136. The summed E-state index contributed by atoms with van der Waals surface area (Å²) in [6, 6.07) is 0.859. The van der Waals surface area contributed by atoms with Crippen molar-refractivity contribution in [3.63, 3.8) is 0 Å². The molecule has 1 aromatic carbocycles. The average molecular weight is 472 g/mol. The summed E-state index contributed by atoms with van der Waals surface area (Å²) < 4.78 is 0. The van der Waals surface area contributed by atoms with Crippen molar-refractivity contribution in [2.75, 3.05) is 33.1 Å². The largest absolute Gasteiger partial charge is 0.510 e. The van der Waals surface area contributed by atoms with Crippen molar-refractivity contribution < 1.29 is 34.8 Å². The highest BCUT2D eigenvalue weighted by atomic mass is 16.3. The van der Waals surface area contributed by atoms with Crippen LogP contribution in [0, 0.1) is 17.8 Å². The SMILES string of the molecule is CN(C)c1cc(CO)c(O)c2c1C[C@H]1C[C@@H]3C(C(=O)C(C(N)=O)=C(O)C3N(C)C)C(=O)C1=C2O. The molecule has 1 aromatic rings. The van der Waals surface area contributed by atoms with E-state index in [4.69, 9.17) is 5.73 Å². The van der Waals surface area contributed by atoms with Gasteiger partial charge in [-0.25, -0.2) is 0 Å². The van der Waals surface area contributed by atoms with E-state index in [1.165, 1.54) is 0 Å². The van der Waals surface area contributed by atoms with E-state index in [1.54, 1.807) is 44.1 Å². The van der Waals surface area contributed by atoms with Gasteiger partial charge in [-0.15, -0.1) is 0 Å². The fourth-order valence-electron chi connectivity index (χ4n) is 5.89. The number of aliphatic hydroxyl groups is 3. The second-order valence-corrected chi connectivity index (χ2v) is 9.61. The molecule has 182 valence electrons. The van der Waals surface area contributed by atoms with Gasteiger partial charge in [0.05, 0.1) is 24.1 Å². The minimum Gasteiger partial charge on any atom is -0.510 e. The summed E-state index contributed by atoms with van der Waals surface area (Å²) in [4.78, 5) is 42.3. The molecule has 0 saturated heterocycles. The summed E-state index contributed by atoms with van der Waals surface area (Å²) in [5, 5.41) is 42.5. The molecule has 10 heteroatoms. The number of amides is 1. The molecule has 3 aliphatic carbocycles. The predicted molar refractivity (Wildman–Crippen MR) is 123 cm³/mol. The predicted octanol–water partition coefficient (Wildman–Crippen LogP) is 0.407. The third kappa shape index (κ3) is 3.20. The number of fused-ring (bicyclic) bond motifs is 3. The van der Waals surface area contributed by atoms with E-state index in [0.717, 1.165) is 0 Å². The molecule has 0 heterocycles. The Balaban J connectivity index is 1.94. The monoisotopic (exact) mass is 471 g/mol. The van der Waals surface area contributed by atoms with Crippen LogP contribution in [0.1, 0.15) is 23.1 Å². The fraction of sp³-hybridized carbons (Fsp3) is 0.458. The maximum Gasteiger partial charge on any atom is 0.255 e. The molecule has 0 radical (unpaired) electrons. The van der Waals surface area contributed by atoms with Crippen molar-refractivity contribution in [1.29, 1.82) is 0 Å². The lowest BCUT2D eigenvalue weighted by Crippen LogP contribution is -2.55. The first-order chi connectivity index (χ1) is 15.9. The molecule has 1 fully saturated rings. The van der Waals surface area contributed by atoms with Crippen LogP contribution < -0.4 is 10.6 Å². The van der Waals surface area contributed by atoms with Crippen LogP contribution >= 0.6 is 0 Å². The van der Waals surface area contributed by atoms with Crippen LogP contribution in [0.3, 0.4) is 0 Å². The zero-order valence-corrected chi connectivity index (χ0v) is 19.5. The first-order valence-corrected chi connectivity index (χ1v) is 11.0. The van der Waals surface area contributed by atoms with E-state index >= 15 is 0 Å². The Kier molecular flexibility index (Phi) is 5.69. The van der Waals surface area contributed by atoms with Crippen LogP contribution in [0.5, 0.6) is 5.75 Å². The molecule has 34 heavy (non-hydrogen) atoms. The fourth-order valence-corrected chi connectivity index (χ4v) is 5.89. The van der Waals surface area contributed by atoms with Crippen LogP contribution in [-0.4, -0.2) is 77.0 Å². The molecule has 1 amide bonds. The van der Waals surface area contributed by atoms with E-state index in [2.05, 4.69) is 0 Å². The highest BCUT2D eigenvalue weighted by Gasteiger charge is 2.55. The molecule has 0 aromatic heterocycles. The molecule has 4 atom stereocenters. The third-order valence-corrected chi connectivity index (χ3v) is 7.27. The van der Waals surface area contributed by atoms with Crippen molar-refractivity contribution in [2.24, 2.45) is 23.5 Å². The topological polar surface area (TPSA) is 165 Å². The zero-order valence-electron chi connectivity index (χ0n) is 19.5. The summed E-state index contributed by atoms with van der Waals surface area (Å²) in [6.07, 6.45) is 0.591. The van der Waals surface area contributed by atoms with Gasteiger partial charge in [0.1, 0.15) is 22.8 Å². The number of allylic oxidation sites excluding steroid dienone is 1. The molecule has 2 unspecified atom stereocenters. The van der Waals surface area contributed by atoms with Gasteiger partial charge in [-0.3, -0.25) is 19.3 Å². The van der Waals surface area contributed by atoms with Gasteiger partial charge in [0.15, 0.2) is 11.6 Å². The molecule has 3 aliphatic rings. The van der Waals surface area contributed by atoms with Crippen molar-refractivity contribution in [2.45, 2.75) is 25.5 Å². The Labute approximate surface area is 196 Å². The number of nitrogens with zero attached hydrogens (tertiary/aromatic N) is 2. The van der Waals surface area contributed by atoms with Crippen LogP contribution in [-0.2, 0) is 27.4 Å². The molecular weight excluding hydrogens is 442 g/mol. The van der Waals surface area contributed by atoms with Gasteiger partial charge < -0.3 is 31.1 Å². The zero-order chi connectivity index (χ0) is 25.2. The number of benzene rings is 1. The van der Waals surface area contributed by atoms with Gasteiger partial charge in [-0.1, -0.05) is 0 Å². The second-order valence-electron chi connectivity index (χ2n) is 9.61. The Hall–Kier alpha value is -3.37. The summed E-state index contributed by atoms with van der Waals surface area (Å²) >= 11 is 0. The normalized spacial score (nSPS) is 26.4. The third-order valence-electron chi connectivity index (χ3n) is 7.27.